The lowest BCUT2D eigenvalue weighted by Gasteiger charge is -2.11. The number of nitrogens with two attached hydrogens (primary N) is 1. The summed E-state index contributed by atoms with van der Waals surface area (Å²) in [5.74, 6) is -0.350. The van der Waals surface area contributed by atoms with E-state index in [0.29, 0.717) is 17.1 Å². The van der Waals surface area contributed by atoms with Gasteiger partial charge in [-0.2, -0.15) is 18.3 Å². The van der Waals surface area contributed by atoms with Gasteiger partial charge < -0.3 is 11.1 Å². The van der Waals surface area contributed by atoms with Crippen molar-refractivity contribution in [2.75, 3.05) is 5.73 Å². The second-order valence-electron chi connectivity index (χ2n) is 8.22. The van der Waals surface area contributed by atoms with Crippen molar-refractivity contribution in [3.63, 3.8) is 0 Å². The third kappa shape index (κ3) is 4.85. The van der Waals surface area contributed by atoms with E-state index >= 15 is 0 Å². The maximum atomic E-state index is 13.7. The number of hydrogen-bond acceptors (Lipinski definition) is 5. The van der Waals surface area contributed by atoms with Gasteiger partial charge in [0, 0.05) is 29.9 Å². The van der Waals surface area contributed by atoms with Crippen LogP contribution in [0.4, 0.5) is 19.0 Å². The quantitative estimate of drug-likeness (QED) is 0.454. The van der Waals surface area contributed by atoms with Gasteiger partial charge in [0.25, 0.3) is 5.91 Å². The average Bonchev–Trinajstić information content (AvgIpc) is 3.17. The molecule has 0 atom stereocenters. The molecule has 3 N–H and O–H groups in total. The number of rotatable bonds is 5. The van der Waals surface area contributed by atoms with Crippen molar-refractivity contribution in [1.82, 2.24) is 25.1 Å². The second-order valence-corrected chi connectivity index (χ2v) is 8.22. The van der Waals surface area contributed by atoms with Gasteiger partial charge in [-0.1, -0.05) is 6.07 Å². The predicted octanol–water partition coefficient (Wildman–Crippen LogP) is 4.33. The second kappa shape index (κ2) is 8.77. The number of pyridine rings is 2. The standard InChI is InChI=1S/C24H23F3N6O/c1-13-6-17-8-16(4-5-19(17)29-10-13)12-33-21(24(25,26)27)9-20(32-33)23(34)30-11-18-14(2)7-22(28)31-15(18)3/h4-10H,11-12H2,1-3H3,(H2,28,31)(H,30,34). The largest absolute Gasteiger partial charge is 0.433 e. The molecule has 7 nitrogen and oxygen atoms in total. The highest BCUT2D eigenvalue weighted by Crippen LogP contribution is 2.30. The first-order valence-corrected chi connectivity index (χ1v) is 10.5. The molecule has 0 aliphatic rings. The van der Waals surface area contributed by atoms with E-state index in [1.807, 2.05) is 19.9 Å². The van der Waals surface area contributed by atoms with Gasteiger partial charge in [-0.05, 0) is 67.3 Å². The van der Waals surface area contributed by atoms with E-state index in [1.54, 1.807) is 37.4 Å². The number of aromatic nitrogens is 4. The van der Waals surface area contributed by atoms with Crippen LogP contribution in [0.3, 0.4) is 0 Å². The molecule has 176 valence electrons. The molecule has 3 aromatic heterocycles. The van der Waals surface area contributed by atoms with Gasteiger partial charge in [-0.15, -0.1) is 0 Å². The van der Waals surface area contributed by atoms with Crippen molar-refractivity contribution >= 4 is 22.6 Å². The molecule has 0 saturated heterocycles. The van der Waals surface area contributed by atoms with Crippen molar-refractivity contribution in [2.45, 2.75) is 40.0 Å². The number of hydrogen-bond donors (Lipinski definition) is 2. The molecule has 0 unspecified atom stereocenters. The minimum atomic E-state index is -4.67. The summed E-state index contributed by atoms with van der Waals surface area (Å²) in [6.07, 6.45) is -2.94. The molecular weight excluding hydrogens is 445 g/mol. The van der Waals surface area contributed by atoms with Gasteiger partial charge in [-0.3, -0.25) is 14.5 Å². The highest BCUT2D eigenvalue weighted by Gasteiger charge is 2.36. The van der Waals surface area contributed by atoms with Crippen molar-refractivity contribution in [3.8, 4) is 0 Å². The number of carbonyl (C=O) groups excluding carboxylic acids is 1. The summed E-state index contributed by atoms with van der Waals surface area (Å²) < 4.78 is 41.9. The summed E-state index contributed by atoms with van der Waals surface area (Å²) in [4.78, 5) is 21.1. The first-order valence-electron chi connectivity index (χ1n) is 10.5. The van der Waals surface area contributed by atoms with Gasteiger partial charge in [-0.25, -0.2) is 4.98 Å². The average molecular weight is 468 g/mol. The zero-order valence-corrected chi connectivity index (χ0v) is 18.9. The fourth-order valence-electron chi connectivity index (χ4n) is 3.85. The summed E-state index contributed by atoms with van der Waals surface area (Å²) in [6.45, 7) is 5.41. The van der Waals surface area contributed by atoms with Crippen LogP contribution in [0, 0.1) is 20.8 Å². The van der Waals surface area contributed by atoms with Crippen LogP contribution in [0.1, 0.15) is 44.1 Å². The first-order chi connectivity index (χ1) is 16.0. The van der Waals surface area contributed by atoms with Crippen LogP contribution >= 0.6 is 0 Å². The Hall–Kier alpha value is -3.95. The molecule has 0 radical (unpaired) electrons. The Labute approximate surface area is 193 Å². The van der Waals surface area contributed by atoms with Crippen LogP contribution in [-0.4, -0.2) is 25.7 Å². The number of alkyl halides is 3. The molecule has 4 rings (SSSR count). The molecule has 0 aliphatic carbocycles. The van der Waals surface area contributed by atoms with Crippen LogP contribution in [0.5, 0.6) is 0 Å². The Morgan fingerprint density at radius 1 is 1.12 bits per heavy atom. The van der Waals surface area contributed by atoms with E-state index in [1.165, 1.54) is 0 Å². The molecule has 0 fully saturated rings. The maximum absolute atomic E-state index is 13.7. The molecule has 0 bridgehead atoms. The summed E-state index contributed by atoms with van der Waals surface area (Å²) >= 11 is 0. The van der Waals surface area contributed by atoms with Gasteiger partial charge in [0.2, 0.25) is 0 Å². The molecule has 0 spiro atoms. The number of nitrogen functional groups attached to an aromatic ring is 1. The molecule has 4 aromatic rings. The van der Waals surface area contributed by atoms with Crippen LogP contribution in [0.15, 0.2) is 42.6 Å². The smallest absolute Gasteiger partial charge is 0.384 e. The monoisotopic (exact) mass is 468 g/mol. The Morgan fingerprint density at radius 2 is 1.88 bits per heavy atom. The Morgan fingerprint density at radius 3 is 2.59 bits per heavy atom. The fraction of sp³-hybridized carbons (Fsp3) is 0.250. The minimum Gasteiger partial charge on any atom is -0.384 e. The molecule has 0 aliphatic heterocycles. The first kappa shape index (κ1) is 23.2. The van der Waals surface area contributed by atoms with Crippen molar-refractivity contribution in [2.24, 2.45) is 0 Å². The highest BCUT2D eigenvalue weighted by atomic mass is 19.4. The highest BCUT2D eigenvalue weighted by molar-refractivity contribution is 5.92. The Bertz CT molecular complexity index is 1370. The molecule has 34 heavy (non-hydrogen) atoms. The van der Waals surface area contributed by atoms with E-state index in [9.17, 15) is 18.0 Å². The molecule has 1 amide bonds. The Balaban J connectivity index is 1.59. The summed E-state index contributed by atoms with van der Waals surface area (Å²) in [5.41, 5.74) is 8.92. The van der Waals surface area contributed by atoms with E-state index in [2.05, 4.69) is 20.4 Å². The predicted molar refractivity (Wildman–Crippen MR) is 122 cm³/mol. The van der Waals surface area contributed by atoms with E-state index in [4.69, 9.17) is 5.73 Å². The van der Waals surface area contributed by atoms with Crippen LogP contribution in [-0.2, 0) is 19.3 Å². The van der Waals surface area contributed by atoms with Gasteiger partial charge in [0.05, 0.1) is 12.1 Å². The number of halogens is 3. The van der Waals surface area contributed by atoms with Crippen molar-refractivity contribution in [3.05, 3.63) is 81.9 Å². The SMILES string of the molecule is Cc1cnc2ccc(Cn3nc(C(=O)NCc4c(C)cc(N)nc4C)cc3C(F)(F)F)cc2c1. The number of benzene rings is 1. The molecular formula is C24H23F3N6O. The molecule has 3 heterocycles. The molecule has 10 heteroatoms. The topological polar surface area (TPSA) is 98.7 Å². The number of fused-ring (bicyclic) bond motifs is 1. The fourth-order valence-corrected chi connectivity index (χ4v) is 3.85. The van der Waals surface area contributed by atoms with Crippen LogP contribution in [0.2, 0.25) is 0 Å². The van der Waals surface area contributed by atoms with Crippen molar-refractivity contribution in [1.29, 1.82) is 0 Å². The lowest BCUT2D eigenvalue weighted by molar-refractivity contribution is -0.144. The van der Waals surface area contributed by atoms with Crippen LogP contribution < -0.4 is 11.1 Å². The van der Waals surface area contributed by atoms with Crippen LogP contribution in [0.25, 0.3) is 10.9 Å². The summed E-state index contributed by atoms with van der Waals surface area (Å²) in [5, 5.41) is 7.42. The summed E-state index contributed by atoms with van der Waals surface area (Å²) in [7, 11) is 0. The number of anilines is 1. The van der Waals surface area contributed by atoms with Gasteiger partial charge >= 0.3 is 6.18 Å². The number of carbonyl (C=O) groups is 1. The van der Waals surface area contributed by atoms with Crippen molar-refractivity contribution < 1.29 is 18.0 Å². The number of amides is 1. The lowest BCUT2D eigenvalue weighted by Crippen LogP contribution is -2.24. The number of aryl methyl sites for hydroxylation is 3. The van der Waals surface area contributed by atoms with Gasteiger partial charge in [0.1, 0.15) is 11.5 Å². The third-order valence-electron chi connectivity index (χ3n) is 5.52. The maximum Gasteiger partial charge on any atom is 0.433 e. The number of nitrogens with zero attached hydrogens (tertiary/aromatic N) is 4. The van der Waals surface area contributed by atoms with E-state index in [0.717, 1.165) is 38.3 Å². The summed E-state index contributed by atoms with van der Waals surface area (Å²) in [6, 6.07) is 9.57. The van der Waals surface area contributed by atoms with E-state index < -0.39 is 17.8 Å². The number of nitrogens with one attached hydrogen (secondary N) is 1. The Kier molecular flexibility index (Phi) is 5.99. The van der Waals surface area contributed by atoms with E-state index in [-0.39, 0.29) is 18.8 Å². The minimum absolute atomic E-state index is 0.0923. The zero-order chi connectivity index (χ0) is 24.6. The molecule has 1 aromatic carbocycles. The van der Waals surface area contributed by atoms with Gasteiger partial charge in [0.15, 0.2) is 5.69 Å². The lowest BCUT2D eigenvalue weighted by atomic mass is 10.1. The normalized spacial score (nSPS) is 11.7. The zero-order valence-electron chi connectivity index (χ0n) is 18.9. The molecule has 0 saturated carbocycles. The third-order valence-corrected chi connectivity index (χ3v) is 5.52.